The second kappa shape index (κ2) is 10.3. The first-order valence-electron chi connectivity index (χ1n) is 19.3. The summed E-state index contributed by atoms with van der Waals surface area (Å²) in [7, 11) is 0. The molecule has 0 N–H and O–H groups in total. The standard InChI is InChI=1S/C50H45N/c1-48(2)41-20-11-10-18-39(41)47-42(48)21-13-23-45(47)51(36-16-8-5-9-17-36)37-24-25-40-44(29-37)50(35-27-32-26-33(28-35)31-49(50,3)30-32)43-22-12-19-38(46(40)43)34-14-6-4-7-15-34/h4-25,29,32-33,35H,26-28,30-31H2,1-3H3. The molecule has 4 saturated carbocycles. The number of nitrogens with zero attached hydrogens (tertiary/aromatic N) is 1. The summed E-state index contributed by atoms with van der Waals surface area (Å²) in [5.74, 6) is 2.43. The van der Waals surface area contributed by atoms with Crippen molar-refractivity contribution in [2.75, 3.05) is 4.90 Å². The number of benzene rings is 6. The quantitative estimate of drug-likeness (QED) is 0.182. The lowest BCUT2D eigenvalue weighted by molar-refractivity contribution is -0.102. The normalized spacial score (nSPS) is 26.8. The molecule has 0 amide bonds. The van der Waals surface area contributed by atoms with Gasteiger partial charge in [0.25, 0.3) is 0 Å². The highest BCUT2D eigenvalue weighted by atomic mass is 15.1. The van der Waals surface area contributed by atoms with Gasteiger partial charge in [-0.05, 0) is 136 Å². The molecule has 0 aliphatic heterocycles. The Morgan fingerprint density at radius 3 is 1.88 bits per heavy atom. The summed E-state index contributed by atoms with van der Waals surface area (Å²) in [4.78, 5) is 2.57. The van der Waals surface area contributed by atoms with E-state index in [-0.39, 0.29) is 16.2 Å². The van der Waals surface area contributed by atoms with Gasteiger partial charge >= 0.3 is 0 Å². The van der Waals surface area contributed by atoms with E-state index in [9.17, 15) is 0 Å². The van der Waals surface area contributed by atoms with Crippen LogP contribution >= 0.6 is 0 Å². The third-order valence-electron chi connectivity index (χ3n) is 14.3. The molecule has 1 nitrogen and oxygen atoms in total. The predicted octanol–water partition coefficient (Wildman–Crippen LogP) is 13.2. The molecule has 0 aromatic heterocycles. The van der Waals surface area contributed by atoms with E-state index in [1.165, 1.54) is 93.7 Å². The van der Waals surface area contributed by atoms with Gasteiger partial charge in [-0.2, -0.15) is 0 Å². The number of anilines is 3. The van der Waals surface area contributed by atoms with Gasteiger partial charge in [-0.25, -0.2) is 0 Å². The Balaban J connectivity index is 1.19. The van der Waals surface area contributed by atoms with Gasteiger partial charge in [-0.3, -0.25) is 0 Å². The third kappa shape index (κ3) is 3.82. The van der Waals surface area contributed by atoms with Crippen molar-refractivity contribution in [2.45, 2.75) is 63.7 Å². The average Bonchev–Trinajstić information content (AvgIpc) is 3.58. The fourth-order valence-corrected chi connectivity index (χ4v) is 12.8. The molecule has 6 aliphatic rings. The van der Waals surface area contributed by atoms with E-state index in [1.807, 2.05) is 0 Å². The number of para-hydroxylation sites is 1. The van der Waals surface area contributed by atoms with E-state index in [0.29, 0.717) is 5.92 Å². The molecule has 0 heterocycles. The molecule has 3 unspecified atom stereocenters. The third-order valence-corrected chi connectivity index (χ3v) is 14.3. The Bertz CT molecular complexity index is 2350. The Morgan fingerprint density at radius 1 is 0.490 bits per heavy atom. The van der Waals surface area contributed by atoms with Crippen LogP contribution in [0, 0.1) is 23.2 Å². The van der Waals surface area contributed by atoms with Crippen LogP contribution in [-0.4, -0.2) is 0 Å². The largest absolute Gasteiger partial charge is 0.310 e. The molecule has 12 rings (SSSR count). The predicted molar refractivity (Wildman–Crippen MR) is 212 cm³/mol. The second-order valence-electron chi connectivity index (χ2n) is 17.3. The van der Waals surface area contributed by atoms with Gasteiger partial charge in [-0.1, -0.05) is 130 Å². The summed E-state index contributed by atoms with van der Waals surface area (Å²) in [5, 5.41) is 0. The van der Waals surface area contributed by atoms with Crippen LogP contribution in [0.2, 0.25) is 0 Å². The monoisotopic (exact) mass is 659 g/mol. The van der Waals surface area contributed by atoms with Crippen molar-refractivity contribution >= 4 is 17.1 Å². The molecular formula is C50H45N. The molecule has 6 aromatic rings. The Hall–Kier alpha value is -4.88. The zero-order valence-corrected chi connectivity index (χ0v) is 30.0. The van der Waals surface area contributed by atoms with E-state index in [0.717, 1.165) is 11.8 Å². The molecule has 6 aromatic carbocycles. The van der Waals surface area contributed by atoms with Gasteiger partial charge < -0.3 is 4.90 Å². The summed E-state index contributed by atoms with van der Waals surface area (Å²) < 4.78 is 0. The first-order chi connectivity index (χ1) is 24.9. The zero-order valence-electron chi connectivity index (χ0n) is 30.0. The van der Waals surface area contributed by atoms with Crippen LogP contribution in [0.15, 0.2) is 140 Å². The Kier molecular flexibility index (Phi) is 6.05. The number of hydrogen-bond acceptors (Lipinski definition) is 1. The lowest BCUT2D eigenvalue weighted by atomic mass is 9.37. The van der Waals surface area contributed by atoms with Crippen molar-refractivity contribution in [3.63, 3.8) is 0 Å². The highest BCUT2D eigenvalue weighted by Gasteiger charge is 2.67. The first-order valence-corrected chi connectivity index (χ1v) is 19.3. The minimum Gasteiger partial charge on any atom is -0.310 e. The average molecular weight is 660 g/mol. The number of rotatable bonds is 4. The summed E-state index contributed by atoms with van der Waals surface area (Å²) in [6.45, 7) is 7.47. The van der Waals surface area contributed by atoms with Gasteiger partial charge in [0.15, 0.2) is 0 Å². The maximum atomic E-state index is 2.69. The van der Waals surface area contributed by atoms with Crippen LogP contribution in [0.1, 0.15) is 75.1 Å². The SMILES string of the molecule is CC1(C)c2ccccc2-c2c(N(c3ccccc3)c3ccc4c(c3)C3(c5cccc(-c6ccccc6)c5-4)C4CC5CC(C4)CC3(C)C5)cccc21. The van der Waals surface area contributed by atoms with Crippen LogP contribution in [-0.2, 0) is 10.8 Å². The topological polar surface area (TPSA) is 3.24 Å². The fraction of sp³-hybridized carbons (Fsp3) is 0.280. The maximum Gasteiger partial charge on any atom is 0.0543 e. The van der Waals surface area contributed by atoms with Gasteiger partial charge in [-0.15, -0.1) is 0 Å². The number of hydrogen-bond donors (Lipinski definition) is 0. The highest BCUT2D eigenvalue weighted by molar-refractivity contribution is 5.98. The fourth-order valence-electron chi connectivity index (χ4n) is 12.8. The van der Waals surface area contributed by atoms with Crippen molar-refractivity contribution in [2.24, 2.45) is 23.2 Å². The van der Waals surface area contributed by atoms with E-state index >= 15 is 0 Å². The van der Waals surface area contributed by atoms with E-state index in [2.05, 4.69) is 165 Å². The molecule has 0 radical (unpaired) electrons. The van der Waals surface area contributed by atoms with Gasteiger partial charge in [0.2, 0.25) is 0 Å². The van der Waals surface area contributed by atoms with Gasteiger partial charge in [0.05, 0.1) is 5.69 Å². The highest BCUT2D eigenvalue weighted by Crippen LogP contribution is 2.75. The van der Waals surface area contributed by atoms with Crippen molar-refractivity contribution in [3.05, 3.63) is 162 Å². The van der Waals surface area contributed by atoms with E-state index in [1.54, 1.807) is 11.1 Å². The van der Waals surface area contributed by atoms with E-state index < -0.39 is 0 Å². The van der Waals surface area contributed by atoms with Crippen LogP contribution in [0.5, 0.6) is 0 Å². The molecule has 1 spiro atoms. The van der Waals surface area contributed by atoms with Crippen LogP contribution in [0.3, 0.4) is 0 Å². The lowest BCUT2D eigenvalue weighted by Crippen LogP contribution is -2.61. The molecular weight excluding hydrogens is 615 g/mol. The zero-order chi connectivity index (χ0) is 34.1. The summed E-state index contributed by atoms with van der Waals surface area (Å²) in [5.41, 5.74) is 18.3. The molecule has 1 heteroatoms. The molecule has 51 heavy (non-hydrogen) atoms. The number of fused-ring (bicyclic) bond motifs is 6. The summed E-state index contributed by atoms with van der Waals surface area (Å²) in [6, 6.07) is 53.2. The molecule has 4 bridgehead atoms. The van der Waals surface area contributed by atoms with Crippen molar-refractivity contribution in [1.29, 1.82) is 0 Å². The second-order valence-corrected chi connectivity index (χ2v) is 17.3. The lowest BCUT2D eigenvalue weighted by Gasteiger charge is -2.66. The minimum absolute atomic E-state index is 0.0153. The molecule has 6 aliphatic carbocycles. The molecule has 4 fully saturated rings. The first kappa shape index (κ1) is 29.8. The summed E-state index contributed by atoms with van der Waals surface area (Å²) in [6.07, 6.45) is 6.87. The Morgan fingerprint density at radius 2 is 1.12 bits per heavy atom. The molecule has 250 valence electrons. The van der Waals surface area contributed by atoms with Crippen molar-refractivity contribution in [1.82, 2.24) is 0 Å². The summed E-state index contributed by atoms with van der Waals surface area (Å²) >= 11 is 0. The Labute approximate surface area is 303 Å². The molecule has 3 atom stereocenters. The van der Waals surface area contributed by atoms with Crippen molar-refractivity contribution in [3.8, 4) is 33.4 Å². The minimum atomic E-state index is -0.0588. The van der Waals surface area contributed by atoms with Crippen LogP contribution in [0.25, 0.3) is 33.4 Å². The van der Waals surface area contributed by atoms with Crippen molar-refractivity contribution < 1.29 is 0 Å². The van der Waals surface area contributed by atoms with E-state index in [4.69, 9.17) is 0 Å². The smallest absolute Gasteiger partial charge is 0.0543 e. The van der Waals surface area contributed by atoms with Gasteiger partial charge in [0.1, 0.15) is 0 Å². The molecule has 0 saturated heterocycles. The van der Waals surface area contributed by atoms with Crippen LogP contribution in [0.4, 0.5) is 17.1 Å². The van der Waals surface area contributed by atoms with Crippen LogP contribution < -0.4 is 4.90 Å². The maximum absolute atomic E-state index is 2.69. The van der Waals surface area contributed by atoms with Gasteiger partial charge in [0, 0.05) is 27.8 Å².